The summed E-state index contributed by atoms with van der Waals surface area (Å²) in [5.74, 6) is -0.370. The minimum atomic E-state index is -3.92. The Kier molecular flexibility index (Phi) is 6.85. The van der Waals surface area contributed by atoms with Crippen molar-refractivity contribution >= 4 is 38.3 Å². The van der Waals surface area contributed by atoms with Gasteiger partial charge in [0.2, 0.25) is 5.91 Å². The fourth-order valence-electron chi connectivity index (χ4n) is 4.09. The first-order valence-corrected chi connectivity index (χ1v) is 12.3. The number of rotatable bonds is 7. The molecular formula is C23H26F2N4O4S. The van der Waals surface area contributed by atoms with E-state index in [2.05, 4.69) is 10.3 Å². The van der Waals surface area contributed by atoms with E-state index in [1.54, 1.807) is 12.1 Å². The van der Waals surface area contributed by atoms with E-state index in [0.29, 0.717) is 42.2 Å². The summed E-state index contributed by atoms with van der Waals surface area (Å²) in [6, 6.07) is 10.5. The van der Waals surface area contributed by atoms with Crippen LogP contribution in [-0.2, 0) is 26.1 Å². The highest BCUT2D eigenvalue weighted by Crippen LogP contribution is 2.31. The molecule has 2 heterocycles. The van der Waals surface area contributed by atoms with Gasteiger partial charge in [-0.1, -0.05) is 0 Å². The third-order valence-corrected chi connectivity index (χ3v) is 7.73. The van der Waals surface area contributed by atoms with Crippen LogP contribution in [0.4, 0.5) is 20.2 Å². The molecule has 4 rings (SSSR count). The smallest absolute Gasteiger partial charge is 0.295 e. The largest absolute Gasteiger partial charge is 0.381 e. The Morgan fingerprint density at radius 3 is 2.50 bits per heavy atom. The minimum Gasteiger partial charge on any atom is -0.381 e. The standard InChI is InChI=1S/C23H26F2N4O4S/c1-15(30)26-17-3-6-19(7-4-17)34(31,32)28(2)18-5-8-21-20(13-18)27-23(22(24)25)29(21)14-16-9-11-33-12-10-16/h3-8,13,16,22H,9-12,14H2,1-2H3,(H,26,30). The van der Waals surface area contributed by atoms with Gasteiger partial charge in [0.25, 0.3) is 16.4 Å². The van der Waals surface area contributed by atoms with Crippen LogP contribution in [0.2, 0.25) is 0 Å². The molecule has 1 aliphatic heterocycles. The zero-order valence-electron chi connectivity index (χ0n) is 18.9. The van der Waals surface area contributed by atoms with E-state index >= 15 is 0 Å². The lowest BCUT2D eigenvalue weighted by Gasteiger charge is -2.23. The number of imidazole rings is 1. The normalized spacial score (nSPS) is 15.1. The number of hydrogen-bond acceptors (Lipinski definition) is 5. The second kappa shape index (κ2) is 9.67. The first-order valence-electron chi connectivity index (χ1n) is 10.9. The van der Waals surface area contributed by atoms with Crippen LogP contribution in [-0.4, -0.2) is 44.1 Å². The lowest BCUT2D eigenvalue weighted by molar-refractivity contribution is -0.114. The summed E-state index contributed by atoms with van der Waals surface area (Å²) in [4.78, 5) is 15.3. The van der Waals surface area contributed by atoms with Gasteiger partial charge in [0.1, 0.15) is 0 Å². The van der Waals surface area contributed by atoms with Gasteiger partial charge >= 0.3 is 0 Å². The maximum Gasteiger partial charge on any atom is 0.295 e. The summed E-state index contributed by atoms with van der Waals surface area (Å²) in [6.07, 6.45) is -1.16. The maximum atomic E-state index is 13.8. The Bertz CT molecular complexity index is 1290. The number of halogens is 2. The Hall–Kier alpha value is -3.05. The van der Waals surface area contributed by atoms with Crippen molar-refractivity contribution in [2.24, 2.45) is 5.92 Å². The molecule has 34 heavy (non-hydrogen) atoms. The fourth-order valence-corrected chi connectivity index (χ4v) is 5.28. The van der Waals surface area contributed by atoms with Gasteiger partial charge in [0.05, 0.1) is 21.6 Å². The summed E-state index contributed by atoms with van der Waals surface area (Å²) in [7, 11) is -2.53. The van der Waals surface area contributed by atoms with Crippen molar-refractivity contribution in [3.05, 3.63) is 48.3 Å². The van der Waals surface area contributed by atoms with Crippen molar-refractivity contribution in [3.8, 4) is 0 Å². The molecule has 1 fully saturated rings. The minimum absolute atomic E-state index is 0.0301. The lowest BCUT2D eigenvalue weighted by atomic mass is 10.0. The quantitative estimate of drug-likeness (QED) is 0.534. The number of fused-ring (bicyclic) bond motifs is 1. The van der Waals surface area contributed by atoms with E-state index in [0.717, 1.165) is 17.1 Å². The number of carbonyl (C=O) groups is 1. The first-order chi connectivity index (χ1) is 16.2. The average Bonchev–Trinajstić information content (AvgIpc) is 3.17. The first kappa shape index (κ1) is 24.1. The molecule has 0 unspecified atom stereocenters. The maximum absolute atomic E-state index is 13.8. The predicted octanol–water partition coefficient (Wildman–Crippen LogP) is 4.18. The third kappa shape index (κ3) is 4.90. The van der Waals surface area contributed by atoms with Crippen molar-refractivity contribution in [2.75, 3.05) is 29.9 Å². The topological polar surface area (TPSA) is 93.5 Å². The van der Waals surface area contributed by atoms with Gasteiger partial charge in [-0.05, 0) is 61.2 Å². The van der Waals surface area contributed by atoms with Crippen molar-refractivity contribution < 1.29 is 26.7 Å². The summed E-state index contributed by atoms with van der Waals surface area (Å²) in [5.41, 5.74) is 1.62. The molecule has 1 aromatic heterocycles. The number of ether oxygens (including phenoxy) is 1. The SMILES string of the molecule is CC(=O)Nc1ccc(S(=O)(=O)N(C)c2ccc3c(c2)nc(C(F)F)n3CC2CCOCC2)cc1. The average molecular weight is 493 g/mol. The zero-order chi connectivity index (χ0) is 24.5. The molecule has 0 spiro atoms. The molecule has 0 saturated carbocycles. The Balaban J connectivity index is 1.64. The number of amides is 1. The highest BCUT2D eigenvalue weighted by atomic mass is 32.2. The zero-order valence-corrected chi connectivity index (χ0v) is 19.7. The molecule has 1 saturated heterocycles. The van der Waals surface area contributed by atoms with Crippen LogP contribution in [0.1, 0.15) is 32.0 Å². The van der Waals surface area contributed by atoms with Gasteiger partial charge in [-0.3, -0.25) is 9.10 Å². The van der Waals surface area contributed by atoms with E-state index in [1.807, 2.05) is 0 Å². The van der Waals surface area contributed by atoms with E-state index in [1.165, 1.54) is 48.9 Å². The second-order valence-corrected chi connectivity index (χ2v) is 10.3. The van der Waals surface area contributed by atoms with Crippen LogP contribution in [0, 0.1) is 5.92 Å². The van der Waals surface area contributed by atoms with Crippen LogP contribution >= 0.6 is 0 Å². The number of aromatic nitrogens is 2. The summed E-state index contributed by atoms with van der Waals surface area (Å²) >= 11 is 0. The lowest BCUT2D eigenvalue weighted by Crippen LogP contribution is -2.26. The van der Waals surface area contributed by atoms with Crippen molar-refractivity contribution in [1.29, 1.82) is 0 Å². The van der Waals surface area contributed by atoms with Gasteiger partial charge in [0.15, 0.2) is 5.82 Å². The van der Waals surface area contributed by atoms with E-state index in [9.17, 15) is 22.0 Å². The summed E-state index contributed by atoms with van der Waals surface area (Å²) in [6.45, 7) is 2.99. The van der Waals surface area contributed by atoms with Gasteiger partial charge in [-0.2, -0.15) is 0 Å². The molecule has 0 radical (unpaired) electrons. The molecule has 0 atom stereocenters. The molecule has 3 aromatic rings. The van der Waals surface area contributed by atoms with E-state index < -0.39 is 16.4 Å². The third-order valence-electron chi connectivity index (χ3n) is 5.93. The highest BCUT2D eigenvalue weighted by Gasteiger charge is 2.25. The molecule has 182 valence electrons. The number of anilines is 2. The van der Waals surface area contributed by atoms with Crippen molar-refractivity contribution in [2.45, 2.75) is 37.6 Å². The molecule has 0 bridgehead atoms. The van der Waals surface area contributed by atoms with Crippen LogP contribution in [0.3, 0.4) is 0 Å². The van der Waals surface area contributed by atoms with E-state index in [-0.39, 0.29) is 22.5 Å². The molecule has 1 N–H and O–H groups in total. The van der Waals surface area contributed by atoms with Crippen molar-refractivity contribution in [3.63, 3.8) is 0 Å². The summed E-state index contributed by atoms with van der Waals surface area (Å²) < 4.78 is 61.8. The van der Waals surface area contributed by atoms with Crippen molar-refractivity contribution in [1.82, 2.24) is 9.55 Å². The highest BCUT2D eigenvalue weighted by molar-refractivity contribution is 7.92. The van der Waals surface area contributed by atoms with Crippen LogP contribution in [0.15, 0.2) is 47.4 Å². The molecule has 11 heteroatoms. The molecule has 8 nitrogen and oxygen atoms in total. The van der Waals surface area contributed by atoms with Crippen LogP contribution in [0.25, 0.3) is 11.0 Å². The fraction of sp³-hybridized carbons (Fsp3) is 0.391. The van der Waals surface area contributed by atoms with Gasteiger partial charge < -0.3 is 14.6 Å². The Labute approximate surface area is 196 Å². The van der Waals surface area contributed by atoms with Gasteiger partial charge in [-0.15, -0.1) is 0 Å². The Morgan fingerprint density at radius 1 is 1.21 bits per heavy atom. The number of hydrogen-bond donors (Lipinski definition) is 1. The molecular weight excluding hydrogens is 466 g/mol. The number of carbonyl (C=O) groups excluding carboxylic acids is 1. The van der Waals surface area contributed by atoms with Gasteiger partial charge in [0, 0.05) is 39.4 Å². The van der Waals surface area contributed by atoms with Crippen LogP contribution < -0.4 is 9.62 Å². The number of alkyl halides is 2. The second-order valence-electron chi connectivity index (χ2n) is 8.29. The predicted molar refractivity (Wildman–Crippen MR) is 125 cm³/mol. The summed E-state index contributed by atoms with van der Waals surface area (Å²) in [5, 5.41) is 2.58. The van der Waals surface area contributed by atoms with Gasteiger partial charge in [-0.25, -0.2) is 22.2 Å². The monoisotopic (exact) mass is 492 g/mol. The molecule has 1 aliphatic rings. The number of nitrogens with one attached hydrogen (secondary N) is 1. The number of sulfonamides is 1. The number of nitrogens with zero attached hydrogens (tertiary/aromatic N) is 3. The Morgan fingerprint density at radius 2 is 1.88 bits per heavy atom. The van der Waals surface area contributed by atoms with Crippen LogP contribution in [0.5, 0.6) is 0 Å². The molecule has 0 aliphatic carbocycles. The molecule has 1 amide bonds. The van der Waals surface area contributed by atoms with E-state index in [4.69, 9.17) is 4.74 Å². The molecule has 2 aromatic carbocycles. The number of benzene rings is 2.